The molecule has 2 rings (SSSR count). The number of hydrogen-bond acceptors (Lipinski definition) is 4. The maximum Gasteiger partial charge on any atom is 0.387 e. The van der Waals surface area contributed by atoms with Gasteiger partial charge in [-0.1, -0.05) is 5.16 Å². The van der Waals surface area contributed by atoms with Crippen molar-refractivity contribution in [2.75, 3.05) is 0 Å². The van der Waals surface area contributed by atoms with Gasteiger partial charge in [0, 0.05) is 5.56 Å². The van der Waals surface area contributed by atoms with Gasteiger partial charge in [-0.3, -0.25) is 4.79 Å². The number of ether oxygens (including phenoxy) is 1. The van der Waals surface area contributed by atoms with E-state index in [-0.39, 0.29) is 5.75 Å². The molecule has 0 unspecified atom stereocenters. The molecule has 1 heterocycles. The van der Waals surface area contributed by atoms with Crippen LogP contribution in [0.2, 0.25) is 0 Å². The summed E-state index contributed by atoms with van der Waals surface area (Å²) in [6.07, 6.45) is 1.82. The molecule has 0 amide bonds. The van der Waals surface area contributed by atoms with Gasteiger partial charge in [0.05, 0.1) is 5.56 Å². The van der Waals surface area contributed by atoms with E-state index in [4.69, 9.17) is 0 Å². The van der Waals surface area contributed by atoms with Gasteiger partial charge in [0.1, 0.15) is 17.7 Å². The molecule has 1 aromatic carbocycles. The number of hydrogen-bond donors (Lipinski definition) is 0. The highest BCUT2D eigenvalue weighted by molar-refractivity contribution is 5.84. The number of nitrogens with zero attached hydrogens (tertiary/aromatic N) is 1. The van der Waals surface area contributed by atoms with Gasteiger partial charge in [0.15, 0.2) is 6.29 Å². The van der Waals surface area contributed by atoms with E-state index in [1.165, 1.54) is 30.5 Å². The third-order valence-electron chi connectivity index (χ3n) is 2.08. The number of carbonyl (C=O) groups excluding carboxylic acids is 1. The summed E-state index contributed by atoms with van der Waals surface area (Å²) in [5.41, 5.74) is 1.25. The van der Waals surface area contributed by atoms with Gasteiger partial charge in [-0.2, -0.15) is 8.78 Å². The van der Waals surface area contributed by atoms with Gasteiger partial charge < -0.3 is 9.26 Å². The lowest BCUT2D eigenvalue weighted by Crippen LogP contribution is -2.01. The Hall–Kier alpha value is -2.24. The van der Waals surface area contributed by atoms with E-state index in [1.807, 2.05) is 0 Å². The Morgan fingerprint density at radius 3 is 2.59 bits per heavy atom. The fourth-order valence-electron chi connectivity index (χ4n) is 1.34. The summed E-state index contributed by atoms with van der Waals surface area (Å²) in [4.78, 5) is 10.7. The van der Waals surface area contributed by atoms with Crippen LogP contribution in [0.3, 0.4) is 0 Å². The minimum absolute atomic E-state index is 0.0416. The van der Waals surface area contributed by atoms with Crippen molar-refractivity contribution in [1.82, 2.24) is 5.16 Å². The van der Waals surface area contributed by atoms with Crippen molar-refractivity contribution >= 4 is 6.29 Å². The average Bonchev–Trinajstić information content (AvgIpc) is 2.77. The first-order valence-corrected chi connectivity index (χ1v) is 4.65. The highest BCUT2D eigenvalue weighted by Gasteiger charge is 2.10. The maximum atomic E-state index is 11.9. The van der Waals surface area contributed by atoms with Crippen LogP contribution in [-0.4, -0.2) is 18.1 Å². The number of alkyl halides is 2. The Kier molecular flexibility index (Phi) is 3.13. The van der Waals surface area contributed by atoms with Crippen molar-refractivity contribution in [2.24, 2.45) is 0 Å². The third kappa shape index (κ3) is 2.47. The molecule has 88 valence electrons. The fraction of sp³-hybridized carbons (Fsp3) is 0.0909. The number of aromatic nitrogens is 1. The zero-order valence-electron chi connectivity index (χ0n) is 8.47. The summed E-state index contributed by atoms with van der Waals surface area (Å²) in [6, 6.07) is 5.76. The molecule has 17 heavy (non-hydrogen) atoms. The van der Waals surface area contributed by atoms with Crippen molar-refractivity contribution in [3.63, 3.8) is 0 Å². The Balaban J connectivity index is 2.26. The molecule has 2 aromatic rings. The van der Waals surface area contributed by atoms with Crippen molar-refractivity contribution < 1.29 is 22.8 Å². The van der Waals surface area contributed by atoms with Crippen LogP contribution in [0.25, 0.3) is 11.3 Å². The van der Waals surface area contributed by atoms with E-state index in [0.717, 1.165) is 0 Å². The van der Waals surface area contributed by atoms with Crippen molar-refractivity contribution in [1.29, 1.82) is 0 Å². The van der Waals surface area contributed by atoms with Crippen molar-refractivity contribution in [2.45, 2.75) is 6.61 Å². The molecule has 0 fully saturated rings. The number of aldehydes is 1. The van der Waals surface area contributed by atoms with Crippen LogP contribution in [0.1, 0.15) is 10.4 Å². The van der Waals surface area contributed by atoms with Gasteiger partial charge in [0.25, 0.3) is 0 Å². The van der Waals surface area contributed by atoms with E-state index >= 15 is 0 Å². The Morgan fingerprint density at radius 2 is 2.00 bits per heavy atom. The fourth-order valence-corrected chi connectivity index (χ4v) is 1.34. The summed E-state index contributed by atoms with van der Waals surface area (Å²) >= 11 is 0. The number of benzene rings is 1. The third-order valence-corrected chi connectivity index (χ3v) is 2.08. The SMILES string of the molecule is O=Cc1conc1-c1ccc(OC(F)F)cc1. The second-order valence-electron chi connectivity index (χ2n) is 3.14. The van der Waals surface area contributed by atoms with Crippen molar-refractivity contribution in [3.05, 3.63) is 36.1 Å². The van der Waals surface area contributed by atoms with Crippen molar-refractivity contribution in [3.8, 4) is 17.0 Å². The molecule has 0 bridgehead atoms. The average molecular weight is 239 g/mol. The Morgan fingerprint density at radius 1 is 1.29 bits per heavy atom. The zero-order chi connectivity index (χ0) is 12.3. The van der Waals surface area contributed by atoms with Gasteiger partial charge in [-0.25, -0.2) is 0 Å². The molecule has 0 saturated carbocycles. The van der Waals surface area contributed by atoms with Gasteiger partial charge >= 0.3 is 6.61 Å². The zero-order valence-corrected chi connectivity index (χ0v) is 8.47. The molecule has 0 N–H and O–H groups in total. The molecule has 6 heteroatoms. The summed E-state index contributed by atoms with van der Waals surface area (Å²) < 4.78 is 32.7. The molecule has 0 aliphatic carbocycles. The Labute approximate surface area is 94.8 Å². The van der Waals surface area contributed by atoms with E-state index in [0.29, 0.717) is 23.1 Å². The first kappa shape index (κ1) is 11.3. The highest BCUT2D eigenvalue weighted by Crippen LogP contribution is 2.24. The van der Waals surface area contributed by atoms with Crippen LogP contribution in [0.5, 0.6) is 5.75 Å². The lowest BCUT2D eigenvalue weighted by molar-refractivity contribution is -0.0498. The minimum Gasteiger partial charge on any atom is -0.435 e. The molecule has 0 saturated heterocycles. The molecular weight excluding hydrogens is 232 g/mol. The van der Waals surface area contributed by atoms with Gasteiger partial charge in [0.2, 0.25) is 0 Å². The minimum atomic E-state index is -2.86. The standard InChI is InChI=1S/C11H7F2NO3/c12-11(13)17-9-3-1-7(2-4-9)10-8(5-15)6-16-14-10/h1-6,11H. The molecule has 0 radical (unpaired) electrons. The summed E-state index contributed by atoms with van der Waals surface area (Å²) in [7, 11) is 0. The van der Waals surface area contributed by atoms with E-state index in [9.17, 15) is 13.6 Å². The monoisotopic (exact) mass is 239 g/mol. The lowest BCUT2D eigenvalue weighted by Gasteiger charge is -2.04. The topological polar surface area (TPSA) is 52.3 Å². The van der Waals surface area contributed by atoms with E-state index in [1.54, 1.807) is 0 Å². The smallest absolute Gasteiger partial charge is 0.387 e. The normalized spacial score (nSPS) is 10.5. The summed E-state index contributed by atoms with van der Waals surface area (Å²) in [5, 5.41) is 3.65. The molecular formula is C11H7F2NO3. The molecule has 0 aliphatic heterocycles. The van der Waals surface area contributed by atoms with Crippen LogP contribution in [0.4, 0.5) is 8.78 Å². The summed E-state index contributed by atoms with van der Waals surface area (Å²) in [5.74, 6) is 0.0416. The predicted molar refractivity (Wildman–Crippen MR) is 54.0 cm³/mol. The maximum absolute atomic E-state index is 11.9. The second kappa shape index (κ2) is 4.73. The largest absolute Gasteiger partial charge is 0.435 e. The van der Waals surface area contributed by atoms with Crippen LogP contribution < -0.4 is 4.74 Å². The molecule has 4 nitrogen and oxygen atoms in total. The van der Waals surface area contributed by atoms with Crippen LogP contribution >= 0.6 is 0 Å². The number of halogens is 2. The van der Waals surface area contributed by atoms with Crippen LogP contribution in [0.15, 0.2) is 35.1 Å². The van der Waals surface area contributed by atoms with Crippen LogP contribution in [0, 0.1) is 0 Å². The Bertz CT molecular complexity index is 508. The lowest BCUT2D eigenvalue weighted by atomic mass is 10.1. The molecule has 0 atom stereocenters. The van der Waals surface area contributed by atoms with E-state index in [2.05, 4.69) is 14.4 Å². The molecule has 0 aliphatic rings. The van der Waals surface area contributed by atoms with E-state index < -0.39 is 6.61 Å². The first-order valence-electron chi connectivity index (χ1n) is 4.65. The first-order chi connectivity index (χ1) is 8.20. The summed E-state index contributed by atoms with van der Waals surface area (Å²) in [6.45, 7) is -2.86. The molecule has 1 aromatic heterocycles. The highest BCUT2D eigenvalue weighted by atomic mass is 19.3. The predicted octanol–water partition coefficient (Wildman–Crippen LogP) is 2.76. The van der Waals surface area contributed by atoms with Gasteiger partial charge in [-0.15, -0.1) is 0 Å². The number of rotatable bonds is 4. The van der Waals surface area contributed by atoms with Gasteiger partial charge in [-0.05, 0) is 24.3 Å². The van der Waals surface area contributed by atoms with Crippen LogP contribution in [-0.2, 0) is 0 Å². The molecule has 0 spiro atoms. The number of carbonyl (C=O) groups is 1. The quantitative estimate of drug-likeness (QED) is 0.770. The second-order valence-corrected chi connectivity index (χ2v) is 3.14.